The van der Waals surface area contributed by atoms with Crippen LogP contribution in [0.2, 0.25) is 0 Å². The van der Waals surface area contributed by atoms with Gasteiger partial charge in [0.25, 0.3) is 0 Å². The molecule has 1 fully saturated rings. The van der Waals surface area contributed by atoms with Crippen LogP contribution in [0.15, 0.2) is 0 Å². The standard InChI is InChI=1S/C17H32O3/c1-12(2)6-5-7-13(3)14-8-9-15(18)17(14,4)11-10-16(19)20/h12-15,18H,5-11H2,1-4H3,(H,19,20)/t13-,14-,15?,17-/m1/s1. The van der Waals surface area contributed by atoms with Crippen LogP contribution in [-0.4, -0.2) is 22.3 Å². The molecule has 0 amide bonds. The molecule has 0 saturated heterocycles. The Morgan fingerprint density at radius 2 is 1.90 bits per heavy atom. The summed E-state index contributed by atoms with van der Waals surface area (Å²) in [6.45, 7) is 8.88. The predicted molar refractivity (Wildman–Crippen MR) is 81.6 cm³/mol. The van der Waals surface area contributed by atoms with E-state index in [0.29, 0.717) is 18.3 Å². The molecule has 0 heterocycles. The number of carboxylic acid groups (broad SMARTS) is 1. The second-order valence-corrected chi connectivity index (χ2v) is 7.40. The summed E-state index contributed by atoms with van der Waals surface area (Å²) in [7, 11) is 0. The van der Waals surface area contributed by atoms with Crippen molar-refractivity contribution in [3.63, 3.8) is 0 Å². The van der Waals surface area contributed by atoms with Crippen molar-refractivity contribution in [3.8, 4) is 0 Å². The summed E-state index contributed by atoms with van der Waals surface area (Å²) in [4.78, 5) is 10.8. The maximum absolute atomic E-state index is 10.8. The molecule has 3 nitrogen and oxygen atoms in total. The van der Waals surface area contributed by atoms with Gasteiger partial charge < -0.3 is 10.2 Å². The summed E-state index contributed by atoms with van der Waals surface area (Å²) in [5.74, 6) is 1.03. The highest BCUT2D eigenvalue weighted by atomic mass is 16.4. The molecule has 0 aromatic heterocycles. The van der Waals surface area contributed by atoms with Crippen molar-refractivity contribution in [2.24, 2.45) is 23.2 Å². The largest absolute Gasteiger partial charge is 0.481 e. The average Bonchev–Trinajstić information content (AvgIpc) is 2.63. The Labute approximate surface area is 123 Å². The molecule has 4 atom stereocenters. The number of aliphatic carboxylic acids is 1. The van der Waals surface area contributed by atoms with E-state index in [1.165, 1.54) is 19.3 Å². The minimum atomic E-state index is -0.753. The predicted octanol–water partition coefficient (Wildman–Crippen LogP) is 4.09. The summed E-state index contributed by atoms with van der Waals surface area (Å²) in [5.41, 5.74) is -0.213. The molecule has 3 heteroatoms. The Bertz CT molecular complexity index is 313. The van der Waals surface area contributed by atoms with Gasteiger partial charge in [-0.25, -0.2) is 0 Å². The fourth-order valence-corrected chi connectivity index (χ4v) is 3.96. The third-order valence-corrected chi connectivity index (χ3v) is 5.36. The average molecular weight is 284 g/mol. The van der Waals surface area contributed by atoms with Crippen molar-refractivity contribution < 1.29 is 15.0 Å². The van der Waals surface area contributed by atoms with E-state index in [1.807, 2.05) is 0 Å². The first-order valence-corrected chi connectivity index (χ1v) is 8.17. The van der Waals surface area contributed by atoms with Crippen LogP contribution in [0.4, 0.5) is 0 Å². The topological polar surface area (TPSA) is 57.5 Å². The maximum Gasteiger partial charge on any atom is 0.303 e. The number of rotatable bonds is 8. The van der Waals surface area contributed by atoms with Gasteiger partial charge in [0, 0.05) is 6.42 Å². The number of carboxylic acids is 1. The molecular formula is C17H32O3. The zero-order valence-electron chi connectivity index (χ0n) is 13.6. The lowest BCUT2D eigenvalue weighted by molar-refractivity contribution is -0.138. The summed E-state index contributed by atoms with van der Waals surface area (Å²) in [6, 6.07) is 0. The number of hydrogen-bond acceptors (Lipinski definition) is 2. The number of aliphatic hydroxyl groups excluding tert-OH is 1. The van der Waals surface area contributed by atoms with Gasteiger partial charge in [-0.2, -0.15) is 0 Å². The van der Waals surface area contributed by atoms with Crippen LogP contribution in [0.25, 0.3) is 0 Å². The molecule has 0 aromatic rings. The Morgan fingerprint density at radius 1 is 1.25 bits per heavy atom. The van der Waals surface area contributed by atoms with Crippen LogP contribution in [0.3, 0.4) is 0 Å². The third kappa shape index (κ3) is 4.47. The van der Waals surface area contributed by atoms with Crippen LogP contribution in [0, 0.1) is 23.2 Å². The van der Waals surface area contributed by atoms with E-state index >= 15 is 0 Å². The first-order chi connectivity index (χ1) is 9.27. The number of carbonyl (C=O) groups is 1. The molecule has 1 unspecified atom stereocenters. The lowest BCUT2D eigenvalue weighted by Gasteiger charge is -2.38. The molecule has 0 aliphatic heterocycles. The molecular weight excluding hydrogens is 252 g/mol. The molecule has 1 saturated carbocycles. The Kier molecular flexibility index (Phi) is 6.50. The van der Waals surface area contributed by atoms with Gasteiger partial charge in [-0.1, -0.05) is 47.0 Å². The summed E-state index contributed by atoms with van der Waals surface area (Å²) < 4.78 is 0. The highest BCUT2D eigenvalue weighted by molar-refractivity contribution is 5.66. The van der Waals surface area contributed by atoms with Crippen molar-refractivity contribution in [3.05, 3.63) is 0 Å². The van der Waals surface area contributed by atoms with Crippen LogP contribution in [0.1, 0.15) is 72.6 Å². The normalized spacial score (nSPS) is 31.7. The highest BCUT2D eigenvalue weighted by Gasteiger charge is 2.47. The van der Waals surface area contributed by atoms with E-state index in [0.717, 1.165) is 18.8 Å². The number of hydrogen-bond donors (Lipinski definition) is 2. The van der Waals surface area contributed by atoms with E-state index in [4.69, 9.17) is 5.11 Å². The highest BCUT2D eigenvalue weighted by Crippen LogP contribution is 2.50. The van der Waals surface area contributed by atoms with Crippen LogP contribution in [-0.2, 0) is 4.79 Å². The zero-order chi connectivity index (χ0) is 15.3. The lowest BCUT2D eigenvalue weighted by atomic mass is 9.68. The van der Waals surface area contributed by atoms with Crippen molar-refractivity contribution in [2.75, 3.05) is 0 Å². The van der Waals surface area contributed by atoms with Gasteiger partial charge in [0.2, 0.25) is 0 Å². The first kappa shape index (κ1) is 17.5. The minimum absolute atomic E-state index is 0.169. The summed E-state index contributed by atoms with van der Waals surface area (Å²) >= 11 is 0. The van der Waals surface area contributed by atoms with E-state index in [-0.39, 0.29) is 17.9 Å². The molecule has 2 N–H and O–H groups in total. The molecule has 0 spiro atoms. The van der Waals surface area contributed by atoms with Gasteiger partial charge in [0.05, 0.1) is 6.10 Å². The second-order valence-electron chi connectivity index (χ2n) is 7.40. The van der Waals surface area contributed by atoms with Crippen molar-refractivity contribution in [2.45, 2.75) is 78.7 Å². The Hall–Kier alpha value is -0.570. The smallest absolute Gasteiger partial charge is 0.303 e. The molecule has 1 aliphatic rings. The molecule has 1 aliphatic carbocycles. The van der Waals surface area contributed by atoms with Gasteiger partial charge in [0.1, 0.15) is 0 Å². The molecule has 0 bridgehead atoms. The van der Waals surface area contributed by atoms with Crippen LogP contribution < -0.4 is 0 Å². The second kappa shape index (κ2) is 7.44. The summed E-state index contributed by atoms with van der Waals surface area (Å²) in [5, 5.41) is 19.2. The lowest BCUT2D eigenvalue weighted by Crippen LogP contribution is -2.36. The van der Waals surface area contributed by atoms with Crippen LogP contribution in [0.5, 0.6) is 0 Å². The first-order valence-electron chi connectivity index (χ1n) is 8.17. The molecule has 118 valence electrons. The van der Waals surface area contributed by atoms with Gasteiger partial charge in [-0.15, -0.1) is 0 Å². The quantitative estimate of drug-likeness (QED) is 0.705. The third-order valence-electron chi connectivity index (χ3n) is 5.36. The van der Waals surface area contributed by atoms with E-state index in [9.17, 15) is 9.90 Å². The maximum atomic E-state index is 10.8. The van der Waals surface area contributed by atoms with E-state index < -0.39 is 5.97 Å². The Balaban J connectivity index is 2.59. The van der Waals surface area contributed by atoms with Gasteiger partial charge in [-0.3, -0.25) is 4.79 Å². The zero-order valence-corrected chi connectivity index (χ0v) is 13.6. The van der Waals surface area contributed by atoms with E-state index in [1.54, 1.807) is 0 Å². The van der Waals surface area contributed by atoms with Crippen molar-refractivity contribution >= 4 is 5.97 Å². The molecule has 1 rings (SSSR count). The van der Waals surface area contributed by atoms with Gasteiger partial charge >= 0.3 is 5.97 Å². The molecule has 20 heavy (non-hydrogen) atoms. The Morgan fingerprint density at radius 3 is 2.45 bits per heavy atom. The number of aliphatic hydroxyl groups is 1. The van der Waals surface area contributed by atoms with Crippen molar-refractivity contribution in [1.29, 1.82) is 0 Å². The van der Waals surface area contributed by atoms with Gasteiger partial charge in [0.15, 0.2) is 0 Å². The molecule has 0 aromatic carbocycles. The SMILES string of the molecule is CC(C)CCC[C@@H](C)[C@H]1CCC(O)[C@]1(C)CCC(=O)O. The molecule has 0 radical (unpaired) electrons. The van der Waals surface area contributed by atoms with Crippen LogP contribution >= 0.6 is 0 Å². The van der Waals surface area contributed by atoms with Gasteiger partial charge in [-0.05, 0) is 42.4 Å². The van der Waals surface area contributed by atoms with E-state index in [2.05, 4.69) is 27.7 Å². The minimum Gasteiger partial charge on any atom is -0.481 e. The fourth-order valence-electron chi connectivity index (χ4n) is 3.96. The monoisotopic (exact) mass is 284 g/mol. The summed E-state index contributed by atoms with van der Waals surface area (Å²) in [6.07, 6.45) is 5.99. The van der Waals surface area contributed by atoms with Crippen molar-refractivity contribution in [1.82, 2.24) is 0 Å². The fraction of sp³-hybridized carbons (Fsp3) is 0.941.